The largest absolute Gasteiger partial charge is 0.352 e. The number of aryl methyl sites for hydroxylation is 2. The molecule has 37 heavy (non-hydrogen) atoms. The van der Waals surface area contributed by atoms with Crippen LogP contribution < -0.4 is 9.62 Å². The molecule has 0 heterocycles. The third-order valence-electron chi connectivity index (χ3n) is 6.78. The Morgan fingerprint density at radius 2 is 1.65 bits per heavy atom. The van der Waals surface area contributed by atoms with Crippen LogP contribution in [-0.4, -0.2) is 50.0 Å². The maximum absolute atomic E-state index is 13.4. The fourth-order valence-corrected chi connectivity index (χ4v) is 6.07. The number of rotatable bonds is 11. The molecule has 2 amide bonds. The number of sulfonamides is 1. The van der Waals surface area contributed by atoms with E-state index in [2.05, 4.69) is 21.2 Å². The SMILES string of the molecule is Cc1cc(C)cc(N(CCCC(=O)N(Cc2ccc(Br)cc2)C(C)C(=O)NC2CCCC2)S(C)(=O)=O)c1. The Morgan fingerprint density at radius 1 is 1.05 bits per heavy atom. The first-order valence-corrected chi connectivity index (χ1v) is 15.5. The van der Waals surface area contributed by atoms with Gasteiger partial charge in [-0.1, -0.05) is 47.0 Å². The molecule has 2 aromatic rings. The summed E-state index contributed by atoms with van der Waals surface area (Å²) in [5.74, 6) is -0.323. The predicted molar refractivity (Wildman–Crippen MR) is 152 cm³/mol. The van der Waals surface area contributed by atoms with Gasteiger partial charge in [-0.05, 0) is 81.0 Å². The van der Waals surface area contributed by atoms with Crippen LogP contribution in [0.25, 0.3) is 0 Å². The van der Waals surface area contributed by atoms with Crippen molar-refractivity contribution in [2.45, 2.75) is 77.9 Å². The highest BCUT2D eigenvalue weighted by Gasteiger charge is 2.28. The monoisotopic (exact) mass is 591 g/mol. The van der Waals surface area contributed by atoms with E-state index >= 15 is 0 Å². The summed E-state index contributed by atoms with van der Waals surface area (Å²) in [5, 5.41) is 3.11. The van der Waals surface area contributed by atoms with Crippen molar-refractivity contribution < 1.29 is 18.0 Å². The number of carbonyl (C=O) groups excluding carboxylic acids is 2. The number of nitrogens with one attached hydrogen (secondary N) is 1. The molecule has 1 aliphatic rings. The van der Waals surface area contributed by atoms with Crippen LogP contribution in [0.4, 0.5) is 5.69 Å². The maximum atomic E-state index is 13.4. The normalized spacial score (nSPS) is 14.8. The standard InChI is InChI=1S/C28H38BrN3O4S/c1-20-16-21(2)18-26(17-20)32(37(4,35)36)15-7-10-27(33)31(19-23-11-13-24(29)14-12-23)22(3)28(34)30-25-8-5-6-9-25/h11-14,16-18,22,25H,5-10,15,19H2,1-4H3,(H,30,34). The van der Waals surface area contributed by atoms with E-state index in [4.69, 9.17) is 0 Å². The van der Waals surface area contributed by atoms with Crippen LogP contribution in [0.15, 0.2) is 46.9 Å². The fraction of sp³-hybridized carbons (Fsp3) is 0.500. The minimum Gasteiger partial charge on any atom is -0.352 e. The zero-order chi connectivity index (χ0) is 27.2. The summed E-state index contributed by atoms with van der Waals surface area (Å²) in [7, 11) is -3.53. The molecule has 1 saturated carbocycles. The number of hydrogen-bond acceptors (Lipinski definition) is 4. The van der Waals surface area contributed by atoms with E-state index in [0.717, 1.165) is 46.8 Å². The molecule has 2 aromatic carbocycles. The lowest BCUT2D eigenvalue weighted by atomic mass is 10.1. The molecule has 9 heteroatoms. The van der Waals surface area contributed by atoms with Crippen molar-refractivity contribution in [3.8, 4) is 0 Å². The average Bonchev–Trinajstić information content (AvgIpc) is 3.32. The second kappa shape index (κ2) is 12.9. The summed E-state index contributed by atoms with van der Waals surface area (Å²) in [4.78, 5) is 28.1. The Morgan fingerprint density at radius 3 is 2.22 bits per heavy atom. The predicted octanol–water partition coefficient (Wildman–Crippen LogP) is 5.09. The number of hydrogen-bond donors (Lipinski definition) is 1. The van der Waals surface area contributed by atoms with Crippen LogP contribution in [-0.2, 0) is 26.2 Å². The first kappa shape index (κ1) is 29.2. The summed E-state index contributed by atoms with van der Waals surface area (Å²) >= 11 is 3.43. The molecule has 1 aliphatic carbocycles. The van der Waals surface area contributed by atoms with Crippen LogP contribution in [0.2, 0.25) is 0 Å². The molecular weight excluding hydrogens is 554 g/mol. The van der Waals surface area contributed by atoms with Crippen molar-refractivity contribution in [3.63, 3.8) is 0 Å². The molecule has 0 saturated heterocycles. The van der Waals surface area contributed by atoms with Crippen LogP contribution in [0.5, 0.6) is 0 Å². The van der Waals surface area contributed by atoms with Gasteiger partial charge in [-0.15, -0.1) is 0 Å². The zero-order valence-electron chi connectivity index (χ0n) is 22.2. The van der Waals surface area contributed by atoms with Gasteiger partial charge < -0.3 is 10.2 Å². The molecule has 0 spiro atoms. The summed E-state index contributed by atoms with van der Waals surface area (Å²) in [5.41, 5.74) is 3.47. The van der Waals surface area contributed by atoms with E-state index in [0.29, 0.717) is 18.7 Å². The smallest absolute Gasteiger partial charge is 0.242 e. The Hall–Kier alpha value is -2.39. The van der Waals surface area contributed by atoms with Crippen LogP contribution in [0, 0.1) is 13.8 Å². The van der Waals surface area contributed by atoms with E-state index < -0.39 is 16.1 Å². The second-order valence-corrected chi connectivity index (χ2v) is 12.9. The Balaban J connectivity index is 1.73. The van der Waals surface area contributed by atoms with Gasteiger partial charge in [0.05, 0.1) is 11.9 Å². The fourth-order valence-electron chi connectivity index (χ4n) is 4.86. The van der Waals surface area contributed by atoms with Crippen molar-refractivity contribution in [1.82, 2.24) is 10.2 Å². The molecule has 3 rings (SSSR count). The zero-order valence-corrected chi connectivity index (χ0v) is 24.6. The molecule has 1 fully saturated rings. The van der Waals surface area contributed by atoms with Crippen molar-refractivity contribution in [2.24, 2.45) is 0 Å². The molecule has 7 nitrogen and oxygen atoms in total. The van der Waals surface area contributed by atoms with Gasteiger partial charge >= 0.3 is 0 Å². The lowest BCUT2D eigenvalue weighted by Gasteiger charge is -2.30. The third kappa shape index (κ3) is 8.57. The summed E-state index contributed by atoms with van der Waals surface area (Å²) in [6, 6.07) is 12.9. The van der Waals surface area contributed by atoms with Crippen molar-refractivity contribution in [2.75, 3.05) is 17.1 Å². The van der Waals surface area contributed by atoms with Gasteiger partial charge in [0.2, 0.25) is 21.8 Å². The molecular formula is C28H38BrN3O4S. The first-order chi connectivity index (χ1) is 17.4. The van der Waals surface area contributed by atoms with E-state index in [-0.39, 0.29) is 30.8 Å². The highest BCUT2D eigenvalue weighted by molar-refractivity contribution is 9.10. The molecule has 202 valence electrons. The average molecular weight is 593 g/mol. The number of anilines is 1. The molecule has 0 aliphatic heterocycles. The first-order valence-electron chi connectivity index (χ1n) is 12.8. The molecule has 0 radical (unpaired) electrons. The second-order valence-electron chi connectivity index (χ2n) is 10.1. The van der Waals surface area contributed by atoms with Crippen LogP contribution >= 0.6 is 15.9 Å². The highest BCUT2D eigenvalue weighted by Crippen LogP contribution is 2.23. The van der Waals surface area contributed by atoms with E-state index in [1.807, 2.05) is 56.3 Å². The number of benzene rings is 2. The summed E-state index contributed by atoms with van der Waals surface area (Å²) < 4.78 is 27.4. The van der Waals surface area contributed by atoms with E-state index in [9.17, 15) is 18.0 Å². The lowest BCUT2D eigenvalue weighted by molar-refractivity contribution is -0.141. The van der Waals surface area contributed by atoms with Gasteiger partial charge in [0.25, 0.3) is 0 Å². The minimum absolute atomic E-state index is 0.133. The quantitative estimate of drug-likeness (QED) is 0.394. The molecule has 1 atom stereocenters. The van der Waals surface area contributed by atoms with Crippen molar-refractivity contribution >= 4 is 43.5 Å². The van der Waals surface area contributed by atoms with Gasteiger partial charge in [-0.2, -0.15) is 0 Å². The molecule has 1 N–H and O–H groups in total. The molecule has 0 aromatic heterocycles. The Bertz CT molecular complexity index is 1170. The third-order valence-corrected chi connectivity index (χ3v) is 8.50. The molecule has 1 unspecified atom stereocenters. The van der Waals surface area contributed by atoms with E-state index in [1.165, 1.54) is 10.6 Å². The highest BCUT2D eigenvalue weighted by atomic mass is 79.9. The minimum atomic E-state index is -3.53. The summed E-state index contributed by atoms with van der Waals surface area (Å²) in [6.07, 6.45) is 5.82. The van der Waals surface area contributed by atoms with Gasteiger partial charge in [-0.3, -0.25) is 13.9 Å². The topological polar surface area (TPSA) is 86.8 Å². The van der Waals surface area contributed by atoms with Crippen molar-refractivity contribution in [1.29, 1.82) is 0 Å². The number of nitrogens with zero attached hydrogens (tertiary/aromatic N) is 2. The number of carbonyl (C=O) groups is 2. The Labute approximate surface area is 229 Å². The van der Waals surface area contributed by atoms with Crippen LogP contribution in [0.3, 0.4) is 0 Å². The van der Waals surface area contributed by atoms with Gasteiger partial charge in [-0.25, -0.2) is 8.42 Å². The lowest BCUT2D eigenvalue weighted by Crippen LogP contribution is -2.49. The Kier molecular flexibility index (Phi) is 10.2. The summed E-state index contributed by atoms with van der Waals surface area (Å²) in [6.45, 7) is 6.11. The number of amides is 2. The van der Waals surface area contributed by atoms with Gasteiger partial charge in [0.1, 0.15) is 6.04 Å². The van der Waals surface area contributed by atoms with E-state index in [1.54, 1.807) is 11.8 Å². The maximum Gasteiger partial charge on any atom is 0.242 e. The molecule has 0 bridgehead atoms. The van der Waals surface area contributed by atoms with Crippen LogP contribution in [0.1, 0.15) is 62.1 Å². The van der Waals surface area contributed by atoms with Gasteiger partial charge in [0, 0.05) is 30.0 Å². The number of halogens is 1. The van der Waals surface area contributed by atoms with Gasteiger partial charge in [0.15, 0.2) is 0 Å². The van der Waals surface area contributed by atoms with Crippen molar-refractivity contribution in [3.05, 3.63) is 63.6 Å².